The number of methoxy groups -OCH3 is 1. The summed E-state index contributed by atoms with van der Waals surface area (Å²) in [4.78, 5) is 32.5. The Morgan fingerprint density at radius 2 is 1.90 bits per heavy atom. The van der Waals surface area contributed by atoms with Gasteiger partial charge in [0.15, 0.2) is 0 Å². The van der Waals surface area contributed by atoms with E-state index < -0.39 is 0 Å². The third kappa shape index (κ3) is 3.56. The largest absolute Gasteiger partial charge is 0.480 e. The fourth-order valence-electron chi connectivity index (χ4n) is 4.14. The fourth-order valence-corrected chi connectivity index (χ4v) is 4.14. The van der Waals surface area contributed by atoms with Gasteiger partial charge >= 0.3 is 0 Å². The number of rotatable bonds is 5. The van der Waals surface area contributed by atoms with Crippen LogP contribution in [0.25, 0.3) is 10.8 Å². The van der Waals surface area contributed by atoms with E-state index in [1.807, 2.05) is 18.2 Å². The lowest BCUT2D eigenvalue weighted by Gasteiger charge is -2.15. The zero-order valence-electron chi connectivity index (χ0n) is 17.0. The van der Waals surface area contributed by atoms with Crippen molar-refractivity contribution < 1.29 is 4.74 Å². The maximum atomic E-state index is 12.9. The molecule has 1 aliphatic carbocycles. The molecule has 4 aromatic rings. The highest BCUT2D eigenvalue weighted by Gasteiger charge is 2.22. The second kappa shape index (κ2) is 7.71. The van der Waals surface area contributed by atoms with Gasteiger partial charge in [-0.3, -0.25) is 14.6 Å². The summed E-state index contributed by atoms with van der Waals surface area (Å²) < 4.78 is 6.63. The SMILES string of the molecule is COc1nn(Cc2cc(=O)[nH]c(N[C@H]3CCc4ccccc43)n2)c(=O)c2ccccc12. The Hall–Kier alpha value is -3.94. The van der Waals surface area contributed by atoms with Gasteiger partial charge in [-0.2, -0.15) is 0 Å². The normalized spacial score (nSPS) is 15.1. The second-order valence-electron chi connectivity index (χ2n) is 7.54. The summed E-state index contributed by atoms with van der Waals surface area (Å²) in [5, 5.41) is 8.79. The molecule has 0 aliphatic heterocycles. The van der Waals surface area contributed by atoms with Crippen LogP contribution < -0.4 is 21.2 Å². The molecule has 2 heterocycles. The van der Waals surface area contributed by atoms with Crippen molar-refractivity contribution in [2.45, 2.75) is 25.4 Å². The van der Waals surface area contributed by atoms with Gasteiger partial charge in [-0.15, -0.1) is 5.10 Å². The van der Waals surface area contributed by atoms with Crippen molar-refractivity contribution >= 4 is 16.7 Å². The van der Waals surface area contributed by atoms with Crippen molar-refractivity contribution in [3.63, 3.8) is 0 Å². The van der Waals surface area contributed by atoms with Crippen LogP contribution in [0.1, 0.15) is 29.3 Å². The summed E-state index contributed by atoms with van der Waals surface area (Å²) >= 11 is 0. The predicted octanol–water partition coefficient (Wildman–Crippen LogP) is 2.64. The van der Waals surface area contributed by atoms with Gasteiger partial charge in [-0.05, 0) is 36.1 Å². The Kier molecular flexibility index (Phi) is 4.74. The number of nitrogens with one attached hydrogen (secondary N) is 2. The number of anilines is 1. The second-order valence-corrected chi connectivity index (χ2v) is 7.54. The van der Waals surface area contributed by atoms with Crippen LogP contribution in [0.3, 0.4) is 0 Å². The van der Waals surface area contributed by atoms with Crippen molar-refractivity contribution in [3.8, 4) is 5.88 Å². The molecule has 2 aromatic heterocycles. The lowest BCUT2D eigenvalue weighted by molar-refractivity contribution is 0.385. The molecule has 0 fully saturated rings. The molecule has 5 rings (SSSR count). The number of ether oxygens (including phenoxy) is 1. The standard InChI is InChI=1S/C23H21N5O3/c1-31-21-17-8-4-5-9-18(17)22(30)28(27-21)13-15-12-20(29)26-23(24-15)25-19-11-10-14-6-2-3-7-16(14)19/h2-9,12,19H,10-11,13H2,1H3,(H2,24,25,26,29)/t19-/m0/s1. The lowest BCUT2D eigenvalue weighted by Crippen LogP contribution is -2.26. The number of benzene rings is 2. The highest BCUT2D eigenvalue weighted by Crippen LogP contribution is 2.32. The summed E-state index contributed by atoms with van der Waals surface area (Å²) in [6.45, 7) is 0.0554. The van der Waals surface area contributed by atoms with Crippen LogP contribution in [0, 0.1) is 0 Å². The molecule has 156 valence electrons. The predicted molar refractivity (Wildman–Crippen MR) is 118 cm³/mol. The molecule has 8 nitrogen and oxygen atoms in total. The van der Waals surface area contributed by atoms with Crippen LogP contribution in [0.2, 0.25) is 0 Å². The molecule has 0 radical (unpaired) electrons. The summed E-state index contributed by atoms with van der Waals surface area (Å²) in [5.41, 5.74) is 2.40. The third-order valence-corrected chi connectivity index (χ3v) is 5.58. The topological polar surface area (TPSA) is 102 Å². The highest BCUT2D eigenvalue weighted by molar-refractivity contribution is 5.85. The Morgan fingerprint density at radius 1 is 1.13 bits per heavy atom. The average molecular weight is 415 g/mol. The lowest BCUT2D eigenvalue weighted by atomic mass is 10.1. The number of H-pyrrole nitrogens is 1. The van der Waals surface area contributed by atoms with E-state index in [4.69, 9.17) is 4.74 Å². The highest BCUT2D eigenvalue weighted by atomic mass is 16.5. The van der Waals surface area contributed by atoms with Gasteiger partial charge in [-0.25, -0.2) is 9.67 Å². The Balaban J connectivity index is 1.48. The minimum Gasteiger partial charge on any atom is -0.480 e. The quantitative estimate of drug-likeness (QED) is 0.520. The number of aryl methyl sites for hydroxylation is 1. The number of nitrogens with zero attached hydrogens (tertiary/aromatic N) is 3. The molecule has 8 heteroatoms. The average Bonchev–Trinajstić information content (AvgIpc) is 3.18. The van der Waals surface area contributed by atoms with Crippen molar-refractivity contribution in [1.82, 2.24) is 19.7 Å². The molecule has 2 aromatic carbocycles. The van der Waals surface area contributed by atoms with E-state index >= 15 is 0 Å². The molecule has 31 heavy (non-hydrogen) atoms. The Labute approximate surface area is 177 Å². The fraction of sp³-hybridized carbons (Fsp3) is 0.217. The molecule has 0 saturated heterocycles. The first-order chi connectivity index (χ1) is 15.1. The summed E-state index contributed by atoms with van der Waals surface area (Å²) in [6, 6.07) is 16.9. The van der Waals surface area contributed by atoms with Crippen LogP contribution in [-0.2, 0) is 13.0 Å². The van der Waals surface area contributed by atoms with Gasteiger partial charge < -0.3 is 10.1 Å². The van der Waals surface area contributed by atoms with E-state index in [1.54, 1.807) is 18.2 Å². The third-order valence-electron chi connectivity index (χ3n) is 5.58. The molecule has 0 bridgehead atoms. The molecular weight excluding hydrogens is 394 g/mol. The smallest absolute Gasteiger partial charge is 0.275 e. The molecule has 0 spiro atoms. The maximum Gasteiger partial charge on any atom is 0.275 e. The van der Waals surface area contributed by atoms with Crippen LogP contribution in [0.4, 0.5) is 5.95 Å². The number of aromatic amines is 1. The minimum atomic E-state index is -0.292. The van der Waals surface area contributed by atoms with Crippen molar-refractivity contribution in [2.75, 3.05) is 12.4 Å². The van der Waals surface area contributed by atoms with E-state index in [-0.39, 0.29) is 23.7 Å². The molecule has 1 atom stereocenters. The Bertz CT molecular complexity index is 1390. The van der Waals surface area contributed by atoms with Gasteiger partial charge in [0.05, 0.1) is 36.2 Å². The van der Waals surface area contributed by atoms with Crippen LogP contribution in [0.5, 0.6) is 5.88 Å². The van der Waals surface area contributed by atoms with E-state index in [2.05, 4.69) is 32.5 Å². The first kappa shape index (κ1) is 19.0. The monoisotopic (exact) mass is 415 g/mol. The van der Waals surface area contributed by atoms with E-state index in [1.165, 1.54) is 29.0 Å². The van der Waals surface area contributed by atoms with Gasteiger partial charge in [0, 0.05) is 6.07 Å². The van der Waals surface area contributed by atoms with E-state index in [0.717, 1.165) is 12.8 Å². The summed E-state index contributed by atoms with van der Waals surface area (Å²) in [5.74, 6) is 0.728. The number of fused-ring (bicyclic) bond motifs is 2. The van der Waals surface area contributed by atoms with Crippen molar-refractivity contribution in [3.05, 3.63) is 92.1 Å². The van der Waals surface area contributed by atoms with Gasteiger partial charge in [0.2, 0.25) is 11.8 Å². The van der Waals surface area contributed by atoms with Gasteiger partial charge in [0.25, 0.3) is 11.1 Å². The minimum absolute atomic E-state index is 0.0554. The van der Waals surface area contributed by atoms with Crippen molar-refractivity contribution in [2.24, 2.45) is 0 Å². The first-order valence-corrected chi connectivity index (χ1v) is 10.1. The Morgan fingerprint density at radius 3 is 2.74 bits per heavy atom. The number of hydrogen-bond acceptors (Lipinski definition) is 6. The summed E-state index contributed by atoms with van der Waals surface area (Å²) in [6.07, 6.45) is 1.91. The molecular formula is C23H21N5O3. The van der Waals surface area contributed by atoms with Crippen LogP contribution in [-0.4, -0.2) is 26.9 Å². The number of aromatic nitrogens is 4. The molecule has 1 aliphatic rings. The molecule has 0 saturated carbocycles. The van der Waals surface area contributed by atoms with Crippen molar-refractivity contribution in [1.29, 1.82) is 0 Å². The zero-order chi connectivity index (χ0) is 21.4. The zero-order valence-corrected chi connectivity index (χ0v) is 17.0. The van der Waals surface area contributed by atoms with E-state index in [0.29, 0.717) is 28.3 Å². The summed E-state index contributed by atoms with van der Waals surface area (Å²) in [7, 11) is 1.51. The molecule has 0 unspecified atom stereocenters. The maximum absolute atomic E-state index is 12.9. The molecule has 2 N–H and O–H groups in total. The van der Waals surface area contributed by atoms with E-state index in [9.17, 15) is 9.59 Å². The van der Waals surface area contributed by atoms with Crippen LogP contribution >= 0.6 is 0 Å². The van der Waals surface area contributed by atoms with Gasteiger partial charge in [0.1, 0.15) is 0 Å². The van der Waals surface area contributed by atoms with Gasteiger partial charge in [-0.1, -0.05) is 36.4 Å². The van der Waals surface area contributed by atoms with Crippen LogP contribution in [0.15, 0.2) is 64.2 Å². The molecule has 0 amide bonds. The first-order valence-electron chi connectivity index (χ1n) is 10.1. The number of hydrogen-bond donors (Lipinski definition) is 2.